The molecule has 0 fully saturated rings. The molecular weight excluding hydrogens is 374 g/mol. The van der Waals surface area contributed by atoms with Gasteiger partial charge in [-0.15, -0.1) is 0 Å². The monoisotopic (exact) mass is 399 g/mol. The number of sulfone groups is 1. The van der Waals surface area contributed by atoms with Crippen LogP contribution in [0.3, 0.4) is 0 Å². The predicted octanol–water partition coefficient (Wildman–Crippen LogP) is -0.567. The standard InChI is InChI=1S/C17H25N3O6S/c1-20(2)15(21)11-18-17(23)13(9-10-27(4,24)25)19-16(22)12-7-5-6-8-14(12)26-3/h5-8,13H,9-11H2,1-4H3,(H,18,23)(H,19,22)/t13-/m1/s1. The molecule has 1 rings (SSSR count). The summed E-state index contributed by atoms with van der Waals surface area (Å²) in [5.74, 6) is -1.53. The van der Waals surface area contributed by atoms with Crippen LogP contribution < -0.4 is 15.4 Å². The second-order valence-corrected chi connectivity index (χ2v) is 8.41. The van der Waals surface area contributed by atoms with Crippen LogP contribution in [0.5, 0.6) is 5.75 Å². The Labute approximate surface area is 159 Å². The van der Waals surface area contributed by atoms with Crippen LogP contribution in [0.4, 0.5) is 0 Å². The Balaban J connectivity index is 2.91. The molecular formula is C17H25N3O6S. The van der Waals surface area contributed by atoms with Gasteiger partial charge in [-0.1, -0.05) is 12.1 Å². The van der Waals surface area contributed by atoms with Crippen LogP contribution >= 0.6 is 0 Å². The van der Waals surface area contributed by atoms with E-state index in [4.69, 9.17) is 4.74 Å². The Kier molecular flexibility index (Phi) is 8.23. The second-order valence-electron chi connectivity index (χ2n) is 6.15. The van der Waals surface area contributed by atoms with Crippen molar-refractivity contribution < 1.29 is 27.5 Å². The highest BCUT2D eigenvalue weighted by molar-refractivity contribution is 7.90. The molecule has 0 spiro atoms. The van der Waals surface area contributed by atoms with E-state index < -0.39 is 27.7 Å². The molecule has 3 amide bonds. The number of hydrogen-bond donors (Lipinski definition) is 2. The summed E-state index contributed by atoms with van der Waals surface area (Å²) in [6.45, 7) is -0.258. The Morgan fingerprint density at radius 3 is 2.37 bits per heavy atom. The quantitative estimate of drug-likeness (QED) is 0.574. The van der Waals surface area contributed by atoms with Crippen LogP contribution in [0.15, 0.2) is 24.3 Å². The van der Waals surface area contributed by atoms with E-state index >= 15 is 0 Å². The number of amides is 3. The van der Waals surface area contributed by atoms with Crippen molar-refractivity contribution in [2.75, 3.05) is 39.8 Å². The lowest BCUT2D eigenvalue weighted by Gasteiger charge is -2.19. The van der Waals surface area contributed by atoms with Gasteiger partial charge in [-0.3, -0.25) is 14.4 Å². The van der Waals surface area contributed by atoms with Crippen LogP contribution in [-0.2, 0) is 19.4 Å². The van der Waals surface area contributed by atoms with Gasteiger partial charge in [-0.05, 0) is 18.6 Å². The third-order valence-corrected chi connectivity index (χ3v) is 4.64. The number of methoxy groups -OCH3 is 1. The Morgan fingerprint density at radius 1 is 1.19 bits per heavy atom. The molecule has 0 aliphatic carbocycles. The lowest BCUT2D eigenvalue weighted by atomic mass is 10.1. The van der Waals surface area contributed by atoms with Gasteiger partial charge in [0.1, 0.15) is 21.6 Å². The number of nitrogens with zero attached hydrogens (tertiary/aromatic N) is 1. The molecule has 0 unspecified atom stereocenters. The molecule has 1 aromatic carbocycles. The number of likely N-dealkylation sites (N-methyl/N-ethyl adjacent to an activating group) is 1. The van der Waals surface area contributed by atoms with E-state index in [1.54, 1.807) is 32.3 Å². The van der Waals surface area contributed by atoms with Gasteiger partial charge in [0.2, 0.25) is 11.8 Å². The minimum absolute atomic E-state index is 0.123. The summed E-state index contributed by atoms with van der Waals surface area (Å²) in [6.07, 6.45) is 0.918. The molecule has 0 aliphatic heterocycles. The predicted molar refractivity (Wildman–Crippen MR) is 100 cm³/mol. The van der Waals surface area contributed by atoms with Crippen LogP contribution in [0.1, 0.15) is 16.8 Å². The first-order valence-electron chi connectivity index (χ1n) is 8.14. The van der Waals surface area contributed by atoms with Gasteiger partial charge < -0.3 is 20.3 Å². The summed E-state index contributed by atoms with van der Waals surface area (Å²) < 4.78 is 28.0. The molecule has 2 N–H and O–H groups in total. The van der Waals surface area contributed by atoms with Crippen molar-refractivity contribution in [1.82, 2.24) is 15.5 Å². The smallest absolute Gasteiger partial charge is 0.255 e. The minimum atomic E-state index is -3.34. The van der Waals surface area contributed by atoms with Crippen LogP contribution in [0.2, 0.25) is 0 Å². The number of carbonyl (C=O) groups is 3. The zero-order valence-corrected chi connectivity index (χ0v) is 16.6. The van der Waals surface area contributed by atoms with E-state index in [-0.39, 0.29) is 30.2 Å². The van der Waals surface area contributed by atoms with E-state index in [1.165, 1.54) is 18.1 Å². The van der Waals surface area contributed by atoms with Gasteiger partial charge in [-0.25, -0.2) is 8.42 Å². The summed E-state index contributed by atoms with van der Waals surface area (Å²) in [5, 5.41) is 4.93. The highest BCUT2D eigenvalue weighted by atomic mass is 32.2. The van der Waals surface area contributed by atoms with E-state index in [2.05, 4.69) is 10.6 Å². The molecule has 0 aromatic heterocycles. The molecule has 0 radical (unpaired) electrons. The van der Waals surface area contributed by atoms with Crippen molar-refractivity contribution in [3.05, 3.63) is 29.8 Å². The summed E-state index contributed by atoms with van der Waals surface area (Å²) in [4.78, 5) is 37.8. The maximum absolute atomic E-state index is 12.5. The molecule has 27 heavy (non-hydrogen) atoms. The van der Waals surface area contributed by atoms with E-state index in [0.29, 0.717) is 5.75 Å². The summed E-state index contributed by atoms with van der Waals surface area (Å²) >= 11 is 0. The average Bonchev–Trinajstić information content (AvgIpc) is 2.61. The SMILES string of the molecule is COc1ccccc1C(=O)N[C@H](CCS(C)(=O)=O)C(=O)NCC(=O)N(C)C. The lowest BCUT2D eigenvalue weighted by Crippen LogP contribution is -2.49. The van der Waals surface area contributed by atoms with Gasteiger partial charge in [0, 0.05) is 20.4 Å². The van der Waals surface area contributed by atoms with Crippen molar-refractivity contribution in [2.45, 2.75) is 12.5 Å². The van der Waals surface area contributed by atoms with E-state index in [0.717, 1.165) is 6.26 Å². The molecule has 9 nitrogen and oxygen atoms in total. The first-order chi connectivity index (χ1) is 12.5. The number of benzene rings is 1. The maximum atomic E-state index is 12.5. The molecule has 0 saturated carbocycles. The number of rotatable bonds is 9. The van der Waals surface area contributed by atoms with Crippen molar-refractivity contribution in [1.29, 1.82) is 0 Å². The molecule has 0 saturated heterocycles. The number of hydrogen-bond acceptors (Lipinski definition) is 6. The third-order valence-electron chi connectivity index (χ3n) is 3.66. The minimum Gasteiger partial charge on any atom is -0.496 e. The maximum Gasteiger partial charge on any atom is 0.255 e. The first kappa shape index (κ1) is 22.4. The largest absolute Gasteiger partial charge is 0.496 e. The lowest BCUT2D eigenvalue weighted by molar-refractivity contribution is -0.131. The topological polar surface area (TPSA) is 122 Å². The summed E-state index contributed by atoms with van der Waals surface area (Å²) in [6, 6.07) is 5.33. The van der Waals surface area contributed by atoms with Gasteiger partial charge in [-0.2, -0.15) is 0 Å². The van der Waals surface area contributed by atoms with Crippen LogP contribution in [0.25, 0.3) is 0 Å². The van der Waals surface area contributed by atoms with Crippen LogP contribution in [-0.4, -0.2) is 76.8 Å². The number of carbonyl (C=O) groups excluding carboxylic acids is 3. The Bertz CT molecular complexity index is 792. The van der Waals surface area contributed by atoms with E-state index in [9.17, 15) is 22.8 Å². The van der Waals surface area contributed by atoms with Crippen molar-refractivity contribution >= 4 is 27.6 Å². The molecule has 1 atom stereocenters. The van der Waals surface area contributed by atoms with Gasteiger partial charge in [0.25, 0.3) is 5.91 Å². The van der Waals surface area contributed by atoms with E-state index in [1.807, 2.05) is 0 Å². The highest BCUT2D eigenvalue weighted by Crippen LogP contribution is 2.17. The average molecular weight is 399 g/mol. The van der Waals surface area contributed by atoms with Gasteiger partial charge in [0.05, 0.1) is 25.0 Å². The fourth-order valence-electron chi connectivity index (χ4n) is 2.11. The van der Waals surface area contributed by atoms with Crippen LogP contribution in [0, 0.1) is 0 Å². The fraction of sp³-hybridized carbons (Fsp3) is 0.471. The molecule has 0 heterocycles. The van der Waals surface area contributed by atoms with Gasteiger partial charge in [0.15, 0.2) is 0 Å². The second kappa shape index (κ2) is 9.91. The first-order valence-corrected chi connectivity index (χ1v) is 10.2. The number of para-hydroxylation sites is 1. The molecule has 10 heteroatoms. The summed E-state index contributed by atoms with van der Waals surface area (Å²) in [5.41, 5.74) is 0.210. The third kappa shape index (κ3) is 7.65. The zero-order chi connectivity index (χ0) is 20.6. The van der Waals surface area contributed by atoms with Crippen molar-refractivity contribution in [3.63, 3.8) is 0 Å². The van der Waals surface area contributed by atoms with Gasteiger partial charge >= 0.3 is 0 Å². The molecule has 0 bridgehead atoms. The normalized spacial score (nSPS) is 12.0. The zero-order valence-electron chi connectivity index (χ0n) is 15.8. The molecule has 150 valence electrons. The molecule has 1 aromatic rings. The highest BCUT2D eigenvalue weighted by Gasteiger charge is 2.24. The number of nitrogens with one attached hydrogen (secondary N) is 2. The van der Waals surface area contributed by atoms with Crippen molar-refractivity contribution in [3.8, 4) is 5.75 Å². The van der Waals surface area contributed by atoms with Crippen molar-refractivity contribution in [2.24, 2.45) is 0 Å². The molecule has 0 aliphatic rings. The Hall–Kier alpha value is -2.62. The fourth-order valence-corrected chi connectivity index (χ4v) is 2.78. The summed E-state index contributed by atoms with van der Waals surface area (Å²) in [7, 11) is 1.15. The Morgan fingerprint density at radius 2 is 1.81 bits per heavy atom. The number of ether oxygens (including phenoxy) is 1.